The van der Waals surface area contributed by atoms with E-state index in [0.717, 1.165) is 41.8 Å². The smallest absolute Gasteiger partial charge is 0.290 e. The third kappa shape index (κ3) is 8.30. The number of fused-ring (bicyclic) bond motifs is 1. The summed E-state index contributed by atoms with van der Waals surface area (Å²) in [5.41, 5.74) is 5.36. The van der Waals surface area contributed by atoms with Crippen molar-refractivity contribution in [3.8, 4) is 0 Å². The van der Waals surface area contributed by atoms with Crippen LogP contribution in [-0.2, 0) is 47.1 Å². The number of carboxylic acid groups (broad SMARTS) is 2. The summed E-state index contributed by atoms with van der Waals surface area (Å²) < 4.78 is 32.4. The summed E-state index contributed by atoms with van der Waals surface area (Å²) in [5.74, 6) is -1.61. The lowest BCUT2D eigenvalue weighted by Crippen LogP contribution is -2.31. The van der Waals surface area contributed by atoms with Crippen LogP contribution in [0.3, 0.4) is 0 Å². The van der Waals surface area contributed by atoms with Gasteiger partial charge in [0.1, 0.15) is 0 Å². The maximum absolute atomic E-state index is 13.4. The molecule has 34 heavy (non-hydrogen) atoms. The zero-order valence-electron chi connectivity index (χ0n) is 18.3. The van der Waals surface area contributed by atoms with E-state index in [1.165, 1.54) is 17.7 Å². The van der Waals surface area contributed by atoms with Crippen LogP contribution >= 0.6 is 0 Å². The summed E-state index contributed by atoms with van der Waals surface area (Å²) in [5, 5.41) is 13.8. The van der Waals surface area contributed by atoms with Crippen molar-refractivity contribution in [3.63, 3.8) is 0 Å². The van der Waals surface area contributed by atoms with Crippen LogP contribution in [0.4, 0.5) is 8.78 Å². The molecule has 180 valence electrons. The zero-order chi connectivity index (χ0) is 24.8. The molecule has 4 rings (SSSR count). The Hall–Kier alpha value is -3.76. The number of carbonyl (C=O) groups is 2. The Labute approximate surface area is 195 Å². The van der Waals surface area contributed by atoms with E-state index in [4.69, 9.17) is 24.5 Å². The topological polar surface area (TPSA) is 113 Å². The summed E-state index contributed by atoms with van der Waals surface area (Å²) in [6, 6.07) is 7.97. The van der Waals surface area contributed by atoms with Gasteiger partial charge in [-0.1, -0.05) is 12.1 Å². The monoisotopic (exact) mass is 473 g/mol. The first-order chi connectivity index (χ1) is 16.5. The molecular formula is C24H25F2N3O5. The van der Waals surface area contributed by atoms with Crippen LogP contribution in [0.1, 0.15) is 27.8 Å². The van der Waals surface area contributed by atoms with Crippen molar-refractivity contribution >= 4 is 12.9 Å². The maximum atomic E-state index is 13.4. The Morgan fingerprint density at radius 3 is 2.41 bits per heavy atom. The Kier molecular flexibility index (Phi) is 11.2. The largest absolute Gasteiger partial charge is 0.483 e. The van der Waals surface area contributed by atoms with E-state index < -0.39 is 11.6 Å². The third-order valence-corrected chi connectivity index (χ3v) is 4.95. The number of aromatic nitrogens is 2. The quantitative estimate of drug-likeness (QED) is 0.524. The molecule has 1 aromatic carbocycles. The molecule has 1 aliphatic rings. The number of halogens is 2. The molecule has 0 saturated carbocycles. The van der Waals surface area contributed by atoms with Gasteiger partial charge in [0.2, 0.25) is 0 Å². The van der Waals surface area contributed by atoms with Crippen LogP contribution in [0.2, 0.25) is 0 Å². The molecule has 2 aromatic heterocycles. The van der Waals surface area contributed by atoms with E-state index in [1.54, 1.807) is 18.5 Å². The van der Waals surface area contributed by atoms with Gasteiger partial charge in [-0.15, -0.1) is 0 Å². The Morgan fingerprint density at radius 2 is 1.74 bits per heavy atom. The van der Waals surface area contributed by atoms with Crippen LogP contribution in [-0.4, -0.2) is 44.6 Å². The van der Waals surface area contributed by atoms with E-state index in [9.17, 15) is 8.78 Å². The number of ether oxygens (including phenoxy) is 1. The first-order valence-electron chi connectivity index (χ1n) is 10.3. The molecule has 2 N–H and O–H groups in total. The molecule has 0 bridgehead atoms. The van der Waals surface area contributed by atoms with Gasteiger partial charge in [0, 0.05) is 44.4 Å². The molecular weight excluding hydrogens is 448 g/mol. The van der Waals surface area contributed by atoms with Gasteiger partial charge in [0.15, 0.2) is 11.6 Å². The summed E-state index contributed by atoms with van der Waals surface area (Å²) >= 11 is 0. The van der Waals surface area contributed by atoms with Gasteiger partial charge < -0.3 is 14.9 Å². The summed E-state index contributed by atoms with van der Waals surface area (Å²) in [6.07, 6.45) is 8.18. The van der Waals surface area contributed by atoms with Gasteiger partial charge >= 0.3 is 0 Å². The van der Waals surface area contributed by atoms with Crippen molar-refractivity contribution in [2.45, 2.75) is 32.7 Å². The second-order valence-corrected chi connectivity index (χ2v) is 7.21. The minimum absolute atomic E-state index is 0.250. The standard InChI is InChI=1S/C22H21F2N3O.2CH2O2/c23-21-4-3-16(8-22(21)24)12-27-7-5-20-18(13-27)10-26-11-19(20)15-28-14-17-2-1-6-25-9-17;2*2-1-3/h1-4,6,8-11H,5,7,12-15H2;2*1H,(H,2,3). The minimum atomic E-state index is -0.812. The lowest BCUT2D eigenvalue weighted by molar-refractivity contribution is -0.123. The van der Waals surface area contributed by atoms with E-state index >= 15 is 0 Å². The SMILES string of the molecule is Fc1ccc(CN2CCc3c(COCc4cccnc4)cncc3C2)cc1F.O=CO.O=CO. The predicted octanol–water partition coefficient (Wildman–Crippen LogP) is 3.43. The van der Waals surface area contributed by atoms with E-state index in [-0.39, 0.29) is 12.9 Å². The molecule has 0 unspecified atom stereocenters. The average Bonchev–Trinajstić information content (AvgIpc) is 2.83. The second-order valence-electron chi connectivity index (χ2n) is 7.21. The number of benzene rings is 1. The highest BCUT2D eigenvalue weighted by atomic mass is 19.2. The van der Waals surface area contributed by atoms with Crippen LogP contribution < -0.4 is 0 Å². The summed E-state index contributed by atoms with van der Waals surface area (Å²) in [6.45, 7) is 2.69. The van der Waals surface area contributed by atoms with Crippen molar-refractivity contribution in [1.82, 2.24) is 14.9 Å². The van der Waals surface area contributed by atoms with Crippen molar-refractivity contribution in [2.24, 2.45) is 0 Å². The van der Waals surface area contributed by atoms with Gasteiger partial charge in [-0.3, -0.25) is 24.5 Å². The van der Waals surface area contributed by atoms with Crippen LogP contribution in [0.15, 0.2) is 55.1 Å². The molecule has 0 aliphatic carbocycles. The lowest BCUT2D eigenvalue weighted by Gasteiger charge is -2.29. The van der Waals surface area contributed by atoms with Crippen molar-refractivity contribution in [3.05, 3.63) is 94.6 Å². The van der Waals surface area contributed by atoms with Gasteiger partial charge in [0.05, 0.1) is 13.2 Å². The highest BCUT2D eigenvalue weighted by Gasteiger charge is 2.20. The Balaban J connectivity index is 0.000000618. The molecule has 3 heterocycles. The molecule has 0 spiro atoms. The molecule has 0 radical (unpaired) electrons. The number of hydrogen-bond donors (Lipinski definition) is 2. The molecule has 0 saturated heterocycles. The highest BCUT2D eigenvalue weighted by Crippen LogP contribution is 2.24. The zero-order valence-corrected chi connectivity index (χ0v) is 18.3. The normalized spacial score (nSPS) is 12.3. The predicted molar refractivity (Wildman–Crippen MR) is 119 cm³/mol. The first-order valence-corrected chi connectivity index (χ1v) is 10.3. The minimum Gasteiger partial charge on any atom is -0.483 e. The van der Waals surface area contributed by atoms with Crippen molar-refractivity contribution in [2.75, 3.05) is 6.54 Å². The van der Waals surface area contributed by atoms with E-state index in [0.29, 0.717) is 19.8 Å². The van der Waals surface area contributed by atoms with Gasteiger partial charge in [-0.05, 0) is 52.4 Å². The molecule has 0 amide bonds. The fourth-order valence-electron chi connectivity index (χ4n) is 3.54. The van der Waals surface area contributed by atoms with E-state index in [1.807, 2.05) is 24.5 Å². The van der Waals surface area contributed by atoms with Gasteiger partial charge in [-0.2, -0.15) is 0 Å². The lowest BCUT2D eigenvalue weighted by atomic mass is 9.97. The molecule has 1 aliphatic heterocycles. The summed E-state index contributed by atoms with van der Waals surface area (Å²) in [4.78, 5) is 27.4. The molecule has 0 atom stereocenters. The molecule has 8 nitrogen and oxygen atoms in total. The van der Waals surface area contributed by atoms with Gasteiger partial charge in [-0.25, -0.2) is 8.78 Å². The average molecular weight is 473 g/mol. The highest BCUT2D eigenvalue weighted by molar-refractivity contribution is 5.34. The molecule has 3 aromatic rings. The Morgan fingerprint density at radius 1 is 0.971 bits per heavy atom. The van der Waals surface area contributed by atoms with Crippen LogP contribution in [0.5, 0.6) is 0 Å². The van der Waals surface area contributed by atoms with Crippen LogP contribution in [0.25, 0.3) is 0 Å². The first kappa shape index (κ1) is 26.5. The summed E-state index contributed by atoms with van der Waals surface area (Å²) in [7, 11) is 0. The maximum Gasteiger partial charge on any atom is 0.290 e. The number of pyridine rings is 2. The van der Waals surface area contributed by atoms with Crippen LogP contribution in [0, 0.1) is 11.6 Å². The van der Waals surface area contributed by atoms with Gasteiger partial charge in [0.25, 0.3) is 12.9 Å². The third-order valence-electron chi connectivity index (χ3n) is 4.95. The number of rotatable bonds is 6. The molecule has 0 fully saturated rings. The Bertz CT molecular complexity index is 1050. The van der Waals surface area contributed by atoms with Crippen molar-refractivity contribution < 1.29 is 33.3 Å². The number of hydrogen-bond acceptors (Lipinski definition) is 6. The molecule has 10 heteroatoms. The van der Waals surface area contributed by atoms with E-state index in [2.05, 4.69) is 14.9 Å². The fraction of sp³-hybridized carbons (Fsp3) is 0.250. The van der Waals surface area contributed by atoms with Crippen molar-refractivity contribution in [1.29, 1.82) is 0 Å². The fourth-order valence-corrected chi connectivity index (χ4v) is 3.54. The second kappa shape index (κ2) is 14.4. The number of nitrogens with zero attached hydrogens (tertiary/aromatic N) is 3.